The van der Waals surface area contributed by atoms with Gasteiger partial charge in [0.15, 0.2) is 0 Å². The maximum Gasteiger partial charge on any atom is 0.374 e. The highest BCUT2D eigenvalue weighted by Crippen LogP contribution is 2.08. The smallest absolute Gasteiger partial charge is 0.374 e. The van der Waals surface area contributed by atoms with Crippen molar-refractivity contribution in [3.8, 4) is 0 Å². The lowest BCUT2D eigenvalue weighted by Crippen LogP contribution is -2.17. The second kappa shape index (κ2) is 5.21. The molecule has 14 heavy (non-hydrogen) atoms. The first-order valence-corrected chi connectivity index (χ1v) is 4.46. The zero-order chi connectivity index (χ0) is 10.4. The Morgan fingerprint density at radius 1 is 1.71 bits per heavy atom. The lowest BCUT2D eigenvalue weighted by Gasteiger charge is -2.11. The van der Waals surface area contributed by atoms with Crippen LogP contribution in [-0.4, -0.2) is 18.4 Å². The zero-order valence-electron chi connectivity index (χ0n) is 7.93. The molecule has 4 heteroatoms. The van der Waals surface area contributed by atoms with Crippen molar-refractivity contribution in [1.82, 2.24) is 0 Å². The van der Waals surface area contributed by atoms with E-state index in [1.54, 1.807) is 6.07 Å². The van der Waals surface area contributed by atoms with Gasteiger partial charge in [0.25, 0.3) is 0 Å². The van der Waals surface area contributed by atoms with Crippen LogP contribution in [0.15, 0.2) is 22.8 Å². The lowest BCUT2D eigenvalue weighted by atomic mass is 10.2. The quantitative estimate of drug-likeness (QED) is 0.532. The summed E-state index contributed by atoms with van der Waals surface area (Å²) in [6.07, 6.45) is 2.62. The lowest BCUT2D eigenvalue weighted by molar-refractivity contribution is -0.109. The maximum atomic E-state index is 11.3. The van der Waals surface area contributed by atoms with Gasteiger partial charge in [0, 0.05) is 6.42 Å². The minimum absolute atomic E-state index is 0.161. The van der Waals surface area contributed by atoms with Crippen LogP contribution in [0.25, 0.3) is 0 Å². The van der Waals surface area contributed by atoms with E-state index in [-0.39, 0.29) is 18.3 Å². The molecule has 1 unspecified atom stereocenters. The first-order valence-electron chi connectivity index (χ1n) is 4.46. The van der Waals surface area contributed by atoms with Crippen molar-refractivity contribution in [2.45, 2.75) is 25.9 Å². The minimum atomic E-state index is -0.524. The average Bonchev–Trinajstić information content (AvgIpc) is 2.69. The van der Waals surface area contributed by atoms with Crippen molar-refractivity contribution < 1.29 is 18.7 Å². The van der Waals surface area contributed by atoms with Crippen LogP contribution in [0.1, 0.15) is 30.3 Å². The maximum absolute atomic E-state index is 11.3. The van der Waals surface area contributed by atoms with Gasteiger partial charge in [-0.1, -0.05) is 6.92 Å². The highest BCUT2D eigenvalue weighted by atomic mass is 16.6. The van der Waals surface area contributed by atoms with E-state index < -0.39 is 5.97 Å². The van der Waals surface area contributed by atoms with E-state index in [1.807, 2.05) is 6.92 Å². The zero-order valence-corrected chi connectivity index (χ0v) is 7.93. The molecule has 1 atom stereocenters. The fourth-order valence-electron chi connectivity index (χ4n) is 1.01. The molecule has 0 aliphatic carbocycles. The van der Waals surface area contributed by atoms with Crippen molar-refractivity contribution >= 4 is 12.3 Å². The van der Waals surface area contributed by atoms with E-state index in [9.17, 15) is 9.59 Å². The number of hydrogen-bond acceptors (Lipinski definition) is 4. The van der Waals surface area contributed by atoms with Crippen LogP contribution in [0.3, 0.4) is 0 Å². The van der Waals surface area contributed by atoms with Crippen LogP contribution >= 0.6 is 0 Å². The Kier molecular flexibility index (Phi) is 3.91. The molecule has 0 saturated heterocycles. The van der Waals surface area contributed by atoms with Crippen LogP contribution in [0, 0.1) is 0 Å². The van der Waals surface area contributed by atoms with Gasteiger partial charge >= 0.3 is 5.97 Å². The van der Waals surface area contributed by atoms with Gasteiger partial charge in [-0.05, 0) is 18.6 Å². The Labute approximate surface area is 81.9 Å². The Bertz CT molecular complexity index is 289. The van der Waals surface area contributed by atoms with E-state index in [4.69, 9.17) is 9.15 Å². The van der Waals surface area contributed by atoms with Crippen molar-refractivity contribution in [2.24, 2.45) is 0 Å². The van der Waals surface area contributed by atoms with Gasteiger partial charge in [-0.2, -0.15) is 0 Å². The molecule has 0 radical (unpaired) electrons. The summed E-state index contributed by atoms with van der Waals surface area (Å²) in [5, 5.41) is 0. The molecule has 0 spiro atoms. The SMILES string of the molecule is CCC(CC=O)OC(=O)c1ccco1. The Hall–Kier alpha value is -1.58. The molecule has 1 aromatic rings. The van der Waals surface area contributed by atoms with Gasteiger partial charge in [0.1, 0.15) is 12.4 Å². The van der Waals surface area contributed by atoms with Crippen LogP contribution in [0.2, 0.25) is 0 Å². The summed E-state index contributed by atoms with van der Waals surface area (Å²) >= 11 is 0. The molecule has 0 N–H and O–H groups in total. The number of esters is 1. The molecule has 0 bridgehead atoms. The van der Waals surface area contributed by atoms with Crippen molar-refractivity contribution in [3.63, 3.8) is 0 Å². The minimum Gasteiger partial charge on any atom is -0.457 e. The first kappa shape index (κ1) is 10.5. The van der Waals surface area contributed by atoms with Gasteiger partial charge < -0.3 is 13.9 Å². The summed E-state index contributed by atoms with van der Waals surface area (Å²) in [4.78, 5) is 21.5. The molecule has 0 saturated carbocycles. The highest BCUT2D eigenvalue weighted by molar-refractivity contribution is 5.86. The molecule has 76 valence electrons. The molecule has 1 rings (SSSR count). The van der Waals surface area contributed by atoms with Crippen LogP contribution in [-0.2, 0) is 9.53 Å². The molecule has 0 aliphatic rings. The van der Waals surface area contributed by atoms with Crippen LogP contribution < -0.4 is 0 Å². The number of furan rings is 1. The normalized spacial score (nSPS) is 12.1. The molecule has 0 aliphatic heterocycles. The van der Waals surface area contributed by atoms with Crippen molar-refractivity contribution in [3.05, 3.63) is 24.2 Å². The molecular formula is C10H12O4. The molecule has 1 heterocycles. The van der Waals surface area contributed by atoms with Crippen molar-refractivity contribution in [2.75, 3.05) is 0 Å². The summed E-state index contributed by atoms with van der Waals surface area (Å²) in [7, 11) is 0. The fraction of sp³-hybridized carbons (Fsp3) is 0.400. The van der Waals surface area contributed by atoms with Gasteiger partial charge in [-0.3, -0.25) is 0 Å². The molecular weight excluding hydrogens is 184 g/mol. The molecule has 0 amide bonds. The molecule has 1 aromatic heterocycles. The second-order valence-corrected chi connectivity index (χ2v) is 2.82. The number of rotatable bonds is 5. The summed E-state index contributed by atoms with van der Waals surface area (Å²) in [6, 6.07) is 3.13. The van der Waals surface area contributed by atoms with Gasteiger partial charge in [0.05, 0.1) is 6.26 Å². The third-order valence-electron chi connectivity index (χ3n) is 1.81. The first-order chi connectivity index (χ1) is 6.77. The molecule has 4 nitrogen and oxygen atoms in total. The van der Waals surface area contributed by atoms with Gasteiger partial charge in [0.2, 0.25) is 5.76 Å². The van der Waals surface area contributed by atoms with Gasteiger partial charge in [-0.25, -0.2) is 4.79 Å². The summed E-state index contributed by atoms with van der Waals surface area (Å²) in [5.41, 5.74) is 0. The average molecular weight is 196 g/mol. The topological polar surface area (TPSA) is 56.5 Å². The Morgan fingerprint density at radius 2 is 2.50 bits per heavy atom. The predicted octanol–water partition coefficient (Wildman–Crippen LogP) is 1.80. The Morgan fingerprint density at radius 3 is 3.00 bits per heavy atom. The number of ether oxygens (including phenoxy) is 1. The van der Waals surface area contributed by atoms with E-state index in [0.717, 1.165) is 6.29 Å². The largest absolute Gasteiger partial charge is 0.457 e. The fourth-order valence-corrected chi connectivity index (χ4v) is 1.01. The van der Waals surface area contributed by atoms with Crippen LogP contribution in [0.4, 0.5) is 0 Å². The van der Waals surface area contributed by atoms with E-state index >= 15 is 0 Å². The second-order valence-electron chi connectivity index (χ2n) is 2.82. The number of aldehydes is 1. The standard InChI is InChI=1S/C10H12O4/c1-2-8(5-6-11)14-10(12)9-4-3-7-13-9/h3-4,6-8H,2,5H2,1H3. The van der Waals surface area contributed by atoms with Crippen LogP contribution in [0.5, 0.6) is 0 Å². The van der Waals surface area contributed by atoms with Gasteiger partial charge in [-0.15, -0.1) is 0 Å². The van der Waals surface area contributed by atoms with E-state index in [1.165, 1.54) is 12.3 Å². The third-order valence-corrected chi connectivity index (χ3v) is 1.81. The van der Waals surface area contributed by atoms with E-state index in [2.05, 4.69) is 0 Å². The monoisotopic (exact) mass is 196 g/mol. The number of carbonyl (C=O) groups is 2. The molecule has 0 fully saturated rings. The predicted molar refractivity (Wildman–Crippen MR) is 48.9 cm³/mol. The van der Waals surface area contributed by atoms with E-state index in [0.29, 0.717) is 6.42 Å². The Balaban J connectivity index is 2.50. The third kappa shape index (κ3) is 2.73. The summed E-state index contributed by atoms with van der Waals surface area (Å²) in [5.74, 6) is -0.363. The molecule has 0 aromatic carbocycles. The summed E-state index contributed by atoms with van der Waals surface area (Å²) in [6.45, 7) is 1.85. The number of hydrogen-bond donors (Lipinski definition) is 0. The number of carbonyl (C=O) groups excluding carboxylic acids is 2. The highest BCUT2D eigenvalue weighted by Gasteiger charge is 2.15. The summed E-state index contributed by atoms with van der Waals surface area (Å²) < 4.78 is 9.88. The van der Waals surface area contributed by atoms with Crippen molar-refractivity contribution in [1.29, 1.82) is 0 Å².